The van der Waals surface area contributed by atoms with Gasteiger partial charge in [-0.3, -0.25) is 14.6 Å². The number of ether oxygens (including phenoxy) is 1. The number of hydrogen-bond acceptors (Lipinski definition) is 6. The average Bonchev–Trinajstić information content (AvgIpc) is 3.72. The zero-order valence-electron chi connectivity index (χ0n) is 23.9. The first kappa shape index (κ1) is 27.1. The van der Waals surface area contributed by atoms with Gasteiger partial charge in [0.2, 0.25) is 5.91 Å². The zero-order valence-corrected chi connectivity index (χ0v) is 23.9. The maximum Gasteiger partial charge on any atom is 0.253 e. The van der Waals surface area contributed by atoms with Crippen molar-refractivity contribution in [3.8, 4) is 0 Å². The molecule has 1 aliphatic carbocycles. The number of aromatic nitrogens is 4. The van der Waals surface area contributed by atoms with E-state index in [2.05, 4.69) is 25.2 Å². The van der Waals surface area contributed by atoms with Crippen molar-refractivity contribution in [2.24, 2.45) is 0 Å². The predicted molar refractivity (Wildman–Crippen MR) is 155 cm³/mol. The number of carbonyl (C=O) groups is 2. The average molecular weight is 597 g/mol. The fourth-order valence-electron chi connectivity index (χ4n) is 7.55. The molecule has 1 spiro atoms. The minimum Gasteiger partial charge on any atom is -0.381 e. The van der Waals surface area contributed by atoms with E-state index in [0.717, 1.165) is 41.4 Å². The number of fused-ring (bicyclic) bond motifs is 4. The van der Waals surface area contributed by atoms with E-state index in [0.29, 0.717) is 56.2 Å². The predicted octanol–water partition coefficient (Wildman–Crippen LogP) is 4.49. The molecular weight excluding hydrogens is 566 g/mol. The Labute approximate surface area is 252 Å². The molecule has 0 saturated carbocycles. The second-order valence-electron chi connectivity index (χ2n) is 12.3. The van der Waals surface area contributed by atoms with Crippen LogP contribution in [0.5, 0.6) is 0 Å². The molecule has 6 heterocycles. The smallest absolute Gasteiger partial charge is 0.253 e. The molecule has 3 atom stereocenters. The van der Waals surface area contributed by atoms with Crippen LogP contribution in [0.25, 0.3) is 0 Å². The van der Waals surface area contributed by atoms with Gasteiger partial charge >= 0.3 is 0 Å². The van der Waals surface area contributed by atoms with E-state index >= 15 is 4.39 Å². The molecule has 1 fully saturated rings. The Morgan fingerprint density at radius 3 is 2.77 bits per heavy atom. The monoisotopic (exact) mass is 596 g/mol. The second-order valence-corrected chi connectivity index (χ2v) is 12.3. The van der Waals surface area contributed by atoms with Crippen molar-refractivity contribution in [2.75, 3.05) is 18.5 Å². The Morgan fingerprint density at radius 1 is 1.05 bits per heavy atom. The lowest BCUT2D eigenvalue weighted by Gasteiger charge is -2.34. The Balaban J connectivity index is 1.09. The van der Waals surface area contributed by atoms with Crippen molar-refractivity contribution >= 4 is 17.6 Å². The second kappa shape index (κ2) is 10.3. The van der Waals surface area contributed by atoms with Crippen LogP contribution < -0.4 is 10.6 Å². The fraction of sp³-hybridized carbons (Fsp3) is 0.364. The number of benzene rings is 1. The van der Waals surface area contributed by atoms with E-state index in [9.17, 15) is 14.0 Å². The molecule has 11 heteroatoms. The molecule has 4 aromatic rings. The van der Waals surface area contributed by atoms with E-state index in [1.54, 1.807) is 18.3 Å². The molecule has 2 N–H and O–H groups in total. The van der Waals surface area contributed by atoms with Crippen molar-refractivity contribution < 1.29 is 23.1 Å². The van der Waals surface area contributed by atoms with Gasteiger partial charge in [-0.2, -0.15) is 0 Å². The first-order valence-corrected chi connectivity index (χ1v) is 15.0. The van der Waals surface area contributed by atoms with Crippen molar-refractivity contribution in [1.29, 1.82) is 0 Å². The van der Waals surface area contributed by atoms with Crippen LogP contribution in [0.15, 0.2) is 55.0 Å². The molecule has 3 aliphatic heterocycles. The van der Waals surface area contributed by atoms with E-state index in [1.165, 1.54) is 12.3 Å². The molecule has 224 valence electrons. The number of halogens is 2. The summed E-state index contributed by atoms with van der Waals surface area (Å²) >= 11 is 0. The number of hydrogen-bond donors (Lipinski definition) is 2. The largest absolute Gasteiger partial charge is 0.381 e. The number of rotatable bonds is 4. The van der Waals surface area contributed by atoms with Gasteiger partial charge in [0.1, 0.15) is 11.6 Å². The highest BCUT2D eigenvalue weighted by atomic mass is 19.2. The molecule has 9 nitrogen and oxygen atoms in total. The molecule has 1 saturated heterocycles. The maximum absolute atomic E-state index is 15.0. The number of nitrogens with one attached hydrogen (secondary N) is 2. The van der Waals surface area contributed by atoms with Gasteiger partial charge < -0.3 is 19.9 Å². The van der Waals surface area contributed by atoms with Gasteiger partial charge in [0.15, 0.2) is 11.6 Å². The number of nitrogens with zero attached hydrogens (tertiary/aromatic N) is 4. The summed E-state index contributed by atoms with van der Waals surface area (Å²) in [5, 5.41) is 6.02. The third-order valence-corrected chi connectivity index (χ3v) is 9.79. The number of amides is 2. The van der Waals surface area contributed by atoms with Crippen LogP contribution in [0.4, 0.5) is 14.6 Å². The van der Waals surface area contributed by atoms with Crippen molar-refractivity contribution in [3.05, 3.63) is 106 Å². The molecule has 0 bridgehead atoms. The lowest BCUT2D eigenvalue weighted by molar-refractivity contribution is -0.120. The summed E-state index contributed by atoms with van der Waals surface area (Å²) in [7, 11) is 0. The fourth-order valence-corrected chi connectivity index (χ4v) is 7.55. The van der Waals surface area contributed by atoms with Gasteiger partial charge in [-0.05, 0) is 55.0 Å². The van der Waals surface area contributed by atoms with Crippen LogP contribution in [0.3, 0.4) is 0 Å². The Bertz CT molecular complexity index is 1820. The molecule has 8 rings (SSSR count). The van der Waals surface area contributed by atoms with E-state index in [1.807, 2.05) is 18.3 Å². The van der Waals surface area contributed by atoms with E-state index in [-0.39, 0.29) is 29.2 Å². The first-order chi connectivity index (χ1) is 21.4. The van der Waals surface area contributed by atoms with Crippen molar-refractivity contribution in [2.45, 2.75) is 61.9 Å². The van der Waals surface area contributed by atoms with Gasteiger partial charge in [-0.25, -0.2) is 18.7 Å². The number of pyridine rings is 2. The van der Waals surface area contributed by atoms with Gasteiger partial charge in [-0.15, -0.1) is 0 Å². The highest BCUT2D eigenvalue weighted by Crippen LogP contribution is 2.46. The molecule has 44 heavy (non-hydrogen) atoms. The van der Waals surface area contributed by atoms with Crippen LogP contribution in [0.1, 0.15) is 81.4 Å². The zero-order chi connectivity index (χ0) is 30.0. The summed E-state index contributed by atoms with van der Waals surface area (Å²) in [5.74, 6) is -1.06. The molecular formula is C33H30F2N6O3. The van der Waals surface area contributed by atoms with Gasteiger partial charge in [0.05, 0.1) is 17.0 Å². The normalized spacial score (nSPS) is 24.1. The molecule has 2 amide bonds. The van der Waals surface area contributed by atoms with Crippen LogP contribution >= 0.6 is 0 Å². The van der Waals surface area contributed by atoms with Crippen molar-refractivity contribution in [1.82, 2.24) is 24.8 Å². The maximum atomic E-state index is 15.0. The first-order valence-electron chi connectivity index (χ1n) is 15.0. The third kappa shape index (κ3) is 4.24. The number of carbonyl (C=O) groups excluding carboxylic acids is 2. The minimum atomic E-state index is -0.888. The standard InChI is InChI=1S/C33H30F2N6O3/c34-24-5-1-3-22(28(24)35)21-12-25(30-38-16-27(41(30)17-21)18-6-9-44-10-7-18)39-31(42)20-11-19-13-33(14-26(19)37-15-20)23-4-2-8-36-29(23)40-32(33)43/h1-5,8,11,15-16,18,21,25H,6-7,9-10,12-14,17H2,(H,39,42)(H,36,40,43)/t21-,25+,33?/m1/s1. The van der Waals surface area contributed by atoms with Crippen LogP contribution in [-0.2, 0) is 34.3 Å². The molecule has 0 radical (unpaired) electrons. The van der Waals surface area contributed by atoms with Gasteiger partial charge in [0.25, 0.3) is 5.91 Å². The number of imidazole rings is 1. The Hall–Kier alpha value is -4.51. The van der Waals surface area contributed by atoms with Gasteiger partial charge in [-0.1, -0.05) is 18.2 Å². The SMILES string of the molecule is O=C(N[C@H]1C[C@@H](c2cccc(F)c2F)Cn2c(C3CCOCC3)cnc21)c1cnc2c(c1)CC1(C2)C(=O)Nc2ncccc21. The van der Waals surface area contributed by atoms with Crippen LogP contribution in [0.2, 0.25) is 0 Å². The summed E-state index contributed by atoms with van der Waals surface area (Å²) in [5.41, 5.74) is 3.37. The quantitative estimate of drug-likeness (QED) is 0.359. The minimum absolute atomic E-state index is 0.111. The Kier molecular flexibility index (Phi) is 6.33. The van der Waals surface area contributed by atoms with Crippen LogP contribution in [0, 0.1) is 11.6 Å². The summed E-state index contributed by atoms with van der Waals surface area (Å²) in [4.78, 5) is 40.5. The summed E-state index contributed by atoms with van der Waals surface area (Å²) in [6.07, 6.45) is 7.96. The van der Waals surface area contributed by atoms with E-state index < -0.39 is 23.1 Å². The third-order valence-electron chi connectivity index (χ3n) is 9.79. The summed E-state index contributed by atoms with van der Waals surface area (Å²) in [6, 6.07) is 9.26. The summed E-state index contributed by atoms with van der Waals surface area (Å²) < 4.78 is 36.9. The highest BCUT2D eigenvalue weighted by molar-refractivity contribution is 6.06. The Morgan fingerprint density at radius 2 is 1.91 bits per heavy atom. The topological polar surface area (TPSA) is 111 Å². The molecule has 1 aromatic carbocycles. The van der Waals surface area contributed by atoms with Crippen LogP contribution in [-0.4, -0.2) is 44.5 Å². The lowest BCUT2D eigenvalue weighted by Crippen LogP contribution is -2.36. The van der Waals surface area contributed by atoms with E-state index in [4.69, 9.17) is 9.72 Å². The number of anilines is 1. The molecule has 4 aliphatic rings. The lowest BCUT2D eigenvalue weighted by atomic mass is 9.80. The van der Waals surface area contributed by atoms with Crippen molar-refractivity contribution in [3.63, 3.8) is 0 Å². The van der Waals surface area contributed by atoms with Gasteiger partial charge in [0, 0.05) is 73.6 Å². The summed E-state index contributed by atoms with van der Waals surface area (Å²) in [6.45, 7) is 1.75. The molecule has 3 aromatic heterocycles. The highest BCUT2D eigenvalue weighted by Gasteiger charge is 2.51. The molecule has 1 unspecified atom stereocenters.